The van der Waals surface area contributed by atoms with Crippen molar-refractivity contribution in [2.45, 2.75) is 116 Å². The van der Waals surface area contributed by atoms with Gasteiger partial charge in [-0.05, 0) is 24.5 Å². The number of unbranched alkanes of at least 4 members (excludes halogenated alkanes) is 15. The predicted molar refractivity (Wildman–Crippen MR) is 122 cm³/mol. The van der Waals surface area contributed by atoms with E-state index in [9.17, 15) is 0 Å². The molecule has 0 saturated carbocycles. The second-order valence-electron chi connectivity index (χ2n) is 8.01. The third-order valence-electron chi connectivity index (χ3n) is 5.45. The zero-order valence-corrected chi connectivity index (χ0v) is 19.0. The van der Waals surface area contributed by atoms with E-state index in [0.717, 1.165) is 18.4 Å². The maximum absolute atomic E-state index is 9.04. The van der Waals surface area contributed by atoms with Crippen molar-refractivity contribution in [1.82, 2.24) is 0 Å². The fraction of sp³-hybridized carbons (Fsp3) is 0.750. The van der Waals surface area contributed by atoms with E-state index in [4.69, 9.17) is 14.3 Å². The summed E-state index contributed by atoms with van der Waals surface area (Å²) in [7, 11) is -2.33. The zero-order valence-electron chi connectivity index (χ0n) is 18.1. The summed E-state index contributed by atoms with van der Waals surface area (Å²) in [5.41, 5.74) is 1.07. The lowest BCUT2D eigenvalue weighted by molar-refractivity contribution is 0.373. The summed E-state index contributed by atoms with van der Waals surface area (Å²) in [5, 5.41) is 0. The van der Waals surface area contributed by atoms with Crippen molar-refractivity contribution >= 4 is 8.60 Å². The molecule has 28 heavy (non-hydrogen) atoms. The molecule has 1 rings (SSSR count). The van der Waals surface area contributed by atoms with E-state index in [1.54, 1.807) is 0 Å². The molecule has 0 aliphatic heterocycles. The van der Waals surface area contributed by atoms with Crippen LogP contribution in [0.4, 0.5) is 0 Å². The lowest BCUT2D eigenvalue weighted by Gasteiger charge is -2.10. The van der Waals surface area contributed by atoms with Crippen LogP contribution in [0.1, 0.15) is 115 Å². The van der Waals surface area contributed by atoms with E-state index in [-0.39, 0.29) is 0 Å². The van der Waals surface area contributed by atoms with Gasteiger partial charge in [-0.1, -0.05) is 121 Å². The van der Waals surface area contributed by atoms with Gasteiger partial charge in [0, 0.05) is 0 Å². The van der Waals surface area contributed by atoms with Gasteiger partial charge in [-0.2, -0.15) is 0 Å². The number of benzene rings is 1. The van der Waals surface area contributed by atoms with Crippen molar-refractivity contribution in [2.75, 3.05) is 0 Å². The summed E-state index contributed by atoms with van der Waals surface area (Å²) >= 11 is 0. The van der Waals surface area contributed by atoms with Crippen molar-refractivity contribution < 1.29 is 14.3 Å². The third-order valence-corrected chi connectivity index (χ3v) is 5.81. The maximum atomic E-state index is 9.04. The third kappa shape index (κ3) is 14.4. The molecule has 0 saturated heterocycles. The van der Waals surface area contributed by atoms with E-state index in [2.05, 4.69) is 6.92 Å². The highest BCUT2D eigenvalue weighted by Gasteiger charge is 2.07. The fourth-order valence-electron chi connectivity index (χ4n) is 3.75. The van der Waals surface area contributed by atoms with Gasteiger partial charge in [0.05, 0.1) is 0 Å². The number of hydrogen-bond donors (Lipinski definition) is 2. The summed E-state index contributed by atoms with van der Waals surface area (Å²) in [6.45, 7) is 2.28. The average molecular weight is 411 g/mol. The van der Waals surface area contributed by atoms with Gasteiger partial charge in [0.15, 0.2) is 0 Å². The molecule has 0 aliphatic carbocycles. The Kier molecular flexibility index (Phi) is 16.7. The van der Waals surface area contributed by atoms with Crippen LogP contribution in [0.25, 0.3) is 0 Å². The first kappa shape index (κ1) is 25.4. The quantitative estimate of drug-likeness (QED) is 0.179. The van der Waals surface area contributed by atoms with Gasteiger partial charge in [0.2, 0.25) is 0 Å². The van der Waals surface area contributed by atoms with Crippen LogP contribution in [-0.2, 0) is 6.42 Å². The van der Waals surface area contributed by atoms with Gasteiger partial charge >= 0.3 is 8.60 Å². The zero-order chi connectivity index (χ0) is 20.3. The minimum atomic E-state index is -2.33. The summed E-state index contributed by atoms with van der Waals surface area (Å²) in [6.07, 6.45) is 22.9. The number of rotatable bonds is 19. The van der Waals surface area contributed by atoms with Crippen LogP contribution in [0.3, 0.4) is 0 Å². The Labute approximate surface area is 174 Å². The van der Waals surface area contributed by atoms with Crippen LogP contribution >= 0.6 is 8.60 Å². The van der Waals surface area contributed by atoms with E-state index in [1.807, 2.05) is 24.3 Å². The highest BCUT2D eigenvalue weighted by Crippen LogP contribution is 2.32. The van der Waals surface area contributed by atoms with Gasteiger partial charge in [0.1, 0.15) is 5.75 Å². The largest absolute Gasteiger partial charge is 0.427 e. The minimum absolute atomic E-state index is 0.611. The number of aryl methyl sites for hydroxylation is 1. The van der Waals surface area contributed by atoms with Crippen LogP contribution in [0.2, 0.25) is 0 Å². The molecule has 162 valence electrons. The van der Waals surface area contributed by atoms with Crippen LogP contribution < -0.4 is 4.52 Å². The summed E-state index contributed by atoms with van der Waals surface area (Å²) in [6, 6.07) is 7.67. The van der Waals surface area contributed by atoms with Crippen molar-refractivity contribution in [1.29, 1.82) is 0 Å². The lowest BCUT2D eigenvalue weighted by Crippen LogP contribution is -1.93. The first-order chi connectivity index (χ1) is 13.7. The van der Waals surface area contributed by atoms with Crippen molar-refractivity contribution in [3.05, 3.63) is 29.8 Å². The monoisotopic (exact) mass is 410 g/mol. The molecule has 0 atom stereocenters. The van der Waals surface area contributed by atoms with Gasteiger partial charge < -0.3 is 14.3 Å². The van der Waals surface area contributed by atoms with Crippen molar-refractivity contribution in [3.8, 4) is 5.75 Å². The summed E-state index contributed by atoms with van der Waals surface area (Å²) in [5.74, 6) is 0.611. The highest BCUT2D eigenvalue weighted by atomic mass is 31.2. The Morgan fingerprint density at radius 2 is 1.07 bits per heavy atom. The molecule has 1 aromatic carbocycles. The normalized spacial score (nSPS) is 11.3. The summed E-state index contributed by atoms with van der Waals surface area (Å²) < 4.78 is 5.10. The van der Waals surface area contributed by atoms with Crippen molar-refractivity contribution in [2.24, 2.45) is 0 Å². The van der Waals surface area contributed by atoms with Crippen molar-refractivity contribution in [3.63, 3.8) is 0 Å². The second-order valence-corrected chi connectivity index (χ2v) is 8.69. The van der Waals surface area contributed by atoms with E-state index < -0.39 is 8.60 Å². The van der Waals surface area contributed by atoms with E-state index in [1.165, 1.54) is 96.3 Å². The Bertz CT molecular complexity index is 465. The maximum Gasteiger partial charge on any atom is 0.391 e. The molecule has 2 N–H and O–H groups in total. The molecule has 1 aromatic rings. The number of hydrogen-bond acceptors (Lipinski definition) is 3. The van der Waals surface area contributed by atoms with Crippen LogP contribution in [0.15, 0.2) is 24.3 Å². The molecule has 0 heterocycles. The van der Waals surface area contributed by atoms with Crippen LogP contribution in [0, 0.1) is 0 Å². The molecule has 0 fully saturated rings. The molecule has 0 radical (unpaired) electrons. The second kappa shape index (κ2) is 18.4. The molecule has 0 aliphatic rings. The minimum Gasteiger partial charge on any atom is -0.427 e. The van der Waals surface area contributed by atoms with E-state index in [0.29, 0.717) is 5.75 Å². The molecule has 0 unspecified atom stereocenters. The van der Waals surface area contributed by atoms with E-state index >= 15 is 0 Å². The smallest absolute Gasteiger partial charge is 0.391 e. The standard InChI is InChI=1S/C24H43O3P/c1-2-3-4-5-6-7-8-9-10-11-12-13-14-15-16-17-20-23-21-18-19-22-24(23)27-28(25)26/h18-19,21-22,25-26H,2-17,20H2,1H3. The van der Waals surface area contributed by atoms with Gasteiger partial charge in [0.25, 0.3) is 0 Å². The number of para-hydroxylation sites is 1. The molecular formula is C24H43O3P. The predicted octanol–water partition coefficient (Wildman–Crippen LogP) is 8.08. The molecule has 0 amide bonds. The Morgan fingerprint density at radius 1 is 0.643 bits per heavy atom. The lowest BCUT2D eigenvalue weighted by atomic mass is 10.0. The van der Waals surface area contributed by atoms with Crippen LogP contribution in [-0.4, -0.2) is 9.79 Å². The Balaban J connectivity index is 1.87. The highest BCUT2D eigenvalue weighted by molar-refractivity contribution is 7.39. The molecule has 3 nitrogen and oxygen atoms in total. The molecule has 0 aromatic heterocycles. The van der Waals surface area contributed by atoms with Gasteiger partial charge in [-0.15, -0.1) is 0 Å². The van der Waals surface area contributed by atoms with Gasteiger partial charge in [-0.3, -0.25) is 0 Å². The molecule has 0 bridgehead atoms. The fourth-order valence-corrected chi connectivity index (χ4v) is 4.10. The average Bonchev–Trinajstić information content (AvgIpc) is 2.68. The van der Waals surface area contributed by atoms with Gasteiger partial charge in [-0.25, -0.2) is 0 Å². The summed E-state index contributed by atoms with van der Waals surface area (Å²) in [4.78, 5) is 18.1. The molecule has 4 heteroatoms. The molecule has 0 spiro atoms. The Hall–Kier alpha value is -0.630. The first-order valence-corrected chi connectivity index (χ1v) is 12.8. The molecular weight excluding hydrogens is 367 g/mol. The SMILES string of the molecule is CCCCCCCCCCCCCCCCCCc1ccccc1OP(O)O. The Morgan fingerprint density at radius 3 is 1.54 bits per heavy atom. The topological polar surface area (TPSA) is 49.7 Å². The first-order valence-electron chi connectivity index (χ1n) is 11.7. The van der Waals surface area contributed by atoms with Crippen LogP contribution in [0.5, 0.6) is 5.75 Å².